The van der Waals surface area contributed by atoms with Gasteiger partial charge in [-0.1, -0.05) is 47.6 Å². The third kappa shape index (κ3) is 4.48. The smallest absolute Gasteiger partial charge is 0.340 e. The molecule has 2 N–H and O–H groups in total. The third-order valence-corrected chi connectivity index (χ3v) is 5.23. The predicted molar refractivity (Wildman–Crippen MR) is 130 cm³/mol. The number of oxime groups is 1. The number of ether oxygens (including phenoxy) is 1. The Kier molecular flexibility index (Phi) is 6.22. The highest BCUT2D eigenvalue weighted by atomic mass is 16.6. The lowest BCUT2D eigenvalue weighted by atomic mass is 10.00. The van der Waals surface area contributed by atoms with E-state index in [-0.39, 0.29) is 5.56 Å². The van der Waals surface area contributed by atoms with E-state index in [1.54, 1.807) is 19.2 Å². The highest BCUT2D eigenvalue weighted by Crippen LogP contribution is 2.37. The van der Waals surface area contributed by atoms with Gasteiger partial charge in [0.15, 0.2) is 0 Å². The van der Waals surface area contributed by atoms with Crippen LogP contribution in [0.25, 0.3) is 22.2 Å². The molecule has 1 heterocycles. The molecular formula is C26H23N3O4. The number of pyridine rings is 1. The molecule has 0 fully saturated rings. The Hall–Kier alpha value is -4.39. The Labute approximate surface area is 191 Å². The summed E-state index contributed by atoms with van der Waals surface area (Å²) in [6.45, 7) is 1.84. The van der Waals surface area contributed by atoms with E-state index in [0.717, 1.165) is 5.56 Å². The maximum atomic E-state index is 12.5. The van der Waals surface area contributed by atoms with Crippen molar-refractivity contribution in [3.8, 4) is 17.0 Å². The van der Waals surface area contributed by atoms with Crippen molar-refractivity contribution >= 4 is 34.0 Å². The minimum absolute atomic E-state index is 0.0784. The van der Waals surface area contributed by atoms with Gasteiger partial charge in [-0.3, -0.25) is 0 Å². The fourth-order valence-corrected chi connectivity index (χ4v) is 3.67. The zero-order valence-electron chi connectivity index (χ0n) is 18.5. The highest BCUT2D eigenvalue weighted by Gasteiger charge is 2.22. The molecule has 0 amide bonds. The molecule has 0 saturated heterocycles. The molecule has 0 spiro atoms. The summed E-state index contributed by atoms with van der Waals surface area (Å²) in [7, 11) is 3.06. The van der Waals surface area contributed by atoms with Crippen LogP contribution in [-0.4, -0.2) is 36.0 Å². The number of hydrogen-bond donors (Lipinski definition) is 2. The van der Waals surface area contributed by atoms with Gasteiger partial charge in [0.05, 0.1) is 29.7 Å². The van der Waals surface area contributed by atoms with E-state index in [2.05, 4.69) is 10.5 Å². The fraction of sp³-hybridized carbons (Fsp3) is 0.115. The molecule has 0 aliphatic rings. The predicted octanol–water partition coefficient (Wildman–Crippen LogP) is 5.72. The second kappa shape index (κ2) is 9.40. The second-order valence-electron chi connectivity index (χ2n) is 7.33. The number of aromatic nitrogens is 1. The standard InChI is InChI=1S/C26H23N3O4/c1-16(29-33-3)18-10-7-11-19(14-18)27-25-21-15-20(32-2)12-13-22(21)28-24(23(25)26(30)31)17-8-5-4-6-9-17/h4-15H,1-3H3,(H,27,28)(H,30,31)/b29-16+. The van der Waals surface area contributed by atoms with E-state index in [1.165, 1.54) is 7.11 Å². The molecule has 0 bridgehead atoms. The van der Waals surface area contributed by atoms with Crippen LogP contribution in [0.15, 0.2) is 78.0 Å². The Balaban J connectivity index is 1.97. The van der Waals surface area contributed by atoms with Gasteiger partial charge in [-0.15, -0.1) is 0 Å². The van der Waals surface area contributed by atoms with Crippen molar-refractivity contribution in [1.29, 1.82) is 0 Å². The summed E-state index contributed by atoms with van der Waals surface area (Å²) < 4.78 is 5.39. The summed E-state index contributed by atoms with van der Waals surface area (Å²) in [6.07, 6.45) is 0. The van der Waals surface area contributed by atoms with Crippen LogP contribution in [0.2, 0.25) is 0 Å². The molecule has 4 rings (SSSR count). The van der Waals surface area contributed by atoms with Gasteiger partial charge in [-0.05, 0) is 37.3 Å². The summed E-state index contributed by atoms with van der Waals surface area (Å²) in [5, 5.41) is 18.2. The van der Waals surface area contributed by atoms with Crippen molar-refractivity contribution in [2.24, 2.45) is 5.16 Å². The van der Waals surface area contributed by atoms with E-state index in [1.807, 2.05) is 67.6 Å². The van der Waals surface area contributed by atoms with Crippen LogP contribution in [0.5, 0.6) is 5.75 Å². The number of hydrogen-bond acceptors (Lipinski definition) is 6. The Bertz CT molecular complexity index is 1350. The topological polar surface area (TPSA) is 93.0 Å². The zero-order valence-corrected chi connectivity index (χ0v) is 18.5. The molecular weight excluding hydrogens is 418 g/mol. The van der Waals surface area contributed by atoms with Crippen LogP contribution in [0.4, 0.5) is 11.4 Å². The minimum Gasteiger partial charge on any atom is -0.497 e. The minimum atomic E-state index is -1.08. The lowest BCUT2D eigenvalue weighted by Crippen LogP contribution is -2.08. The van der Waals surface area contributed by atoms with Crippen LogP contribution in [0.3, 0.4) is 0 Å². The number of nitrogens with zero attached hydrogens (tertiary/aromatic N) is 2. The van der Waals surface area contributed by atoms with E-state index < -0.39 is 5.97 Å². The lowest BCUT2D eigenvalue weighted by molar-refractivity contribution is 0.0698. The molecule has 0 aliphatic heterocycles. The second-order valence-corrected chi connectivity index (χ2v) is 7.33. The third-order valence-electron chi connectivity index (χ3n) is 5.23. The maximum absolute atomic E-state index is 12.5. The van der Waals surface area contributed by atoms with Crippen molar-refractivity contribution < 1.29 is 19.5 Å². The van der Waals surface area contributed by atoms with Gasteiger partial charge >= 0.3 is 5.97 Å². The highest BCUT2D eigenvalue weighted by molar-refractivity contribution is 6.10. The first-order valence-electron chi connectivity index (χ1n) is 10.3. The molecule has 0 aliphatic carbocycles. The lowest BCUT2D eigenvalue weighted by Gasteiger charge is -2.17. The van der Waals surface area contributed by atoms with Gasteiger partial charge in [0.25, 0.3) is 0 Å². The quantitative estimate of drug-likeness (QED) is 0.281. The first kappa shape index (κ1) is 21.8. The number of rotatable bonds is 7. The average Bonchev–Trinajstić information content (AvgIpc) is 2.84. The van der Waals surface area contributed by atoms with Crippen LogP contribution in [-0.2, 0) is 4.84 Å². The van der Waals surface area contributed by atoms with Crippen molar-refractivity contribution in [2.45, 2.75) is 6.92 Å². The molecule has 33 heavy (non-hydrogen) atoms. The molecule has 0 saturated carbocycles. The summed E-state index contributed by atoms with van der Waals surface area (Å²) in [4.78, 5) is 22.1. The summed E-state index contributed by atoms with van der Waals surface area (Å²) >= 11 is 0. The van der Waals surface area contributed by atoms with E-state index in [4.69, 9.17) is 14.6 Å². The average molecular weight is 441 g/mol. The number of carboxylic acid groups (broad SMARTS) is 1. The summed E-state index contributed by atoms with van der Waals surface area (Å²) in [6, 6.07) is 22.2. The molecule has 3 aromatic carbocycles. The molecule has 0 atom stereocenters. The Morgan fingerprint density at radius 2 is 1.79 bits per heavy atom. The van der Waals surface area contributed by atoms with Gasteiger partial charge in [0.2, 0.25) is 0 Å². The van der Waals surface area contributed by atoms with Crippen LogP contribution in [0, 0.1) is 0 Å². The molecule has 4 aromatic rings. The number of carbonyl (C=O) groups is 1. The molecule has 1 aromatic heterocycles. The van der Waals surface area contributed by atoms with Crippen LogP contribution < -0.4 is 10.1 Å². The number of aromatic carboxylic acids is 1. The van der Waals surface area contributed by atoms with E-state index in [0.29, 0.717) is 45.0 Å². The van der Waals surface area contributed by atoms with Gasteiger partial charge < -0.3 is 20.0 Å². The number of methoxy groups -OCH3 is 1. The Morgan fingerprint density at radius 1 is 1.00 bits per heavy atom. The number of fused-ring (bicyclic) bond motifs is 1. The summed E-state index contributed by atoms with van der Waals surface area (Å²) in [5.41, 5.74) is 4.51. The van der Waals surface area contributed by atoms with Crippen LogP contribution in [0.1, 0.15) is 22.8 Å². The number of carboxylic acids is 1. The van der Waals surface area contributed by atoms with Crippen molar-refractivity contribution in [1.82, 2.24) is 4.98 Å². The number of benzene rings is 3. The number of nitrogens with one attached hydrogen (secondary N) is 1. The molecule has 0 radical (unpaired) electrons. The van der Waals surface area contributed by atoms with Gasteiger partial charge in [0, 0.05) is 22.2 Å². The van der Waals surface area contributed by atoms with E-state index >= 15 is 0 Å². The molecule has 7 heteroatoms. The zero-order chi connectivity index (χ0) is 23.4. The molecule has 0 unspecified atom stereocenters. The fourth-order valence-electron chi connectivity index (χ4n) is 3.67. The number of anilines is 2. The van der Waals surface area contributed by atoms with Crippen molar-refractivity contribution in [2.75, 3.05) is 19.5 Å². The van der Waals surface area contributed by atoms with E-state index in [9.17, 15) is 9.90 Å². The van der Waals surface area contributed by atoms with Crippen LogP contribution >= 0.6 is 0 Å². The first-order chi connectivity index (χ1) is 16.0. The first-order valence-corrected chi connectivity index (χ1v) is 10.3. The van der Waals surface area contributed by atoms with Gasteiger partial charge in [-0.2, -0.15) is 0 Å². The maximum Gasteiger partial charge on any atom is 0.340 e. The summed E-state index contributed by atoms with van der Waals surface area (Å²) in [5.74, 6) is -0.477. The van der Waals surface area contributed by atoms with Gasteiger partial charge in [-0.25, -0.2) is 9.78 Å². The molecule has 166 valence electrons. The monoisotopic (exact) mass is 441 g/mol. The van der Waals surface area contributed by atoms with Crippen molar-refractivity contribution in [3.63, 3.8) is 0 Å². The molecule has 7 nitrogen and oxygen atoms in total. The van der Waals surface area contributed by atoms with Gasteiger partial charge in [0.1, 0.15) is 18.4 Å². The normalized spacial score (nSPS) is 11.3. The Morgan fingerprint density at radius 3 is 2.48 bits per heavy atom. The van der Waals surface area contributed by atoms with Crippen molar-refractivity contribution in [3.05, 3.63) is 83.9 Å². The largest absolute Gasteiger partial charge is 0.497 e. The SMILES string of the molecule is CO/N=C(\C)c1cccc(Nc2c(C(=O)O)c(-c3ccccc3)nc3ccc(OC)cc23)c1.